The van der Waals surface area contributed by atoms with Crippen molar-refractivity contribution in [3.63, 3.8) is 0 Å². The topological polar surface area (TPSA) is 63.3 Å². The number of hydrogen-bond donors (Lipinski definition) is 1. The van der Waals surface area contributed by atoms with Gasteiger partial charge in [0.05, 0.1) is 6.20 Å². The summed E-state index contributed by atoms with van der Waals surface area (Å²) in [5, 5.41) is 8.23. The van der Waals surface area contributed by atoms with Crippen molar-refractivity contribution < 1.29 is 23.1 Å². The molecule has 0 fully saturated rings. The Morgan fingerprint density at radius 3 is 2.83 bits per heavy atom. The summed E-state index contributed by atoms with van der Waals surface area (Å²) >= 11 is 0. The summed E-state index contributed by atoms with van der Waals surface area (Å²) < 4.78 is 28.1. The molecule has 0 aliphatic rings. The fraction of sp³-hybridized carbons (Fsp3) is 0.333. The smallest absolute Gasteiger partial charge is 0.312 e. The predicted molar refractivity (Wildman–Crippen MR) is 32.8 cm³/mol. The van der Waals surface area contributed by atoms with Crippen molar-refractivity contribution in [1.29, 1.82) is 0 Å². The molecule has 0 spiro atoms. The van der Waals surface area contributed by atoms with E-state index in [9.17, 15) is 13.6 Å². The predicted octanol–water partition coefficient (Wildman–Crippen LogP) is 1.24. The summed E-state index contributed by atoms with van der Waals surface area (Å²) in [6, 6.07) is 0. The molecule has 0 unspecified atom stereocenters. The third-order valence-electron chi connectivity index (χ3n) is 1.09. The highest BCUT2D eigenvalue weighted by molar-refractivity contribution is 5.68. The van der Waals surface area contributed by atoms with Gasteiger partial charge in [0.2, 0.25) is 5.89 Å². The molecule has 1 aromatic rings. The monoisotopic (exact) mass is 177 g/mol. The first-order valence-electron chi connectivity index (χ1n) is 3.04. The molecular formula is C6H5F2NO3. The van der Waals surface area contributed by atoms with Crippen LogP contribution >= 0.6 is 0 Å². The molecule has 1 aromatic heterocycles. The minimum Gasteiger partial charge on any atom is -0.481 e. The maximum atomic E-state index is 11.8. The molecule has 1 N–H and O–H groups in total. The minimum absolute atomic E-state index is 0.210. The Bertz CT molecular complexity index is 284. The van der Waals surface area contributed by atoms with Gasteiger partial charge in [-0.2, -0.15) is 0 Å². The van der Waals surface area contributed by atoms with Crippen LogP contribution in [0.4, 0.5) is 8.78 Å². The third kappa shape index (κ3) is 2.01. The largest absolute Gasteiger partial charge is 0.481 e. The van der Waals surface area contributed by atoms with Crippen LogP contribution in [0.2, 0.25) is 0 Å². The summed E-state index contributed by atoms with van der Waals surface area (Å²) in [6.07, 6.45) is -2.41. The van der Waals surface area contributed by atoms with E-state index in [1.54, 1.807) is 0 Å². The molecule has 0 aromatic carbocycles. The highest BCUT2D eigenvalue weighted by Gasteiger charge is 2.14. The van der Waals surface area contributed by atoms with Crippen LogP contribution in [-0.4, -0.2) is 16.1 Å². The number of carboxylic acid groups (broad SMARTS) is 1. The molecule has 0 radical (unpaired) electrons. The number of carboxylic acids is 1. The second kappa shape index (κ2) is 3.29. The lowest BCUT2D eigenvalue weighted by molar-refractivity contribution is -0.136. The standard InChI is InChI=1S/C6H5F2NO3/c7-6(8)3-2-9-4(12-3)1-5(10)11/h2,6H,1H2,(H,10,11). The molecule has 12 heavy (non-hydrogen) atoms. The van der Waals surface area contributed by atoms with Crippen molar-refractivity contribution in [1.82, 2.24) is 4.98 Å². The maximum absolute atomic E-state index is 11.8. The third-order valence-corrected chi connectivity index (χ3v) is 1.09. The Kier molecular flexibility index (Phi) is 2.37. The van der Waals surface area contributed by atoms with E-state index < -0.39 is 24.6 Å². The van der Waals surface area contributed by atoms with Crippen LogP contribution in [0.5, 0.6) is 0 Å². The second-order valence-electron chi connectivity index (χ2n) is 2.03. The Labute approximate surface area is 65.8 Å². The first kappa shape index (κ1) is 8.63. The van der Waals surface area contributed by atoms with Crippen molar-refractivity contribution >= 4 is 5.97 Å². The van der Waals surface area contributed by atoms with Gasteiger partial charge in [0, 0.05) is 0 Å². The summed E-state index contributed by atoms with van der Waals surface area (Å²) in [5.74, 6) is -1.98. The molecule has 0 amide bonds. The van der Waals surface area contributed by atoms with Crippen LogP contribution in [0.1, 0.15) is 18.1 Å². The zero-order valence-electron chi connectivity index (χ0n) is 5.83. The van der Waals surface area contributed by atoms with Crippen LogP contribution in [0.25, 0.3) is 0 Å². The Morgan fingerprint density at radius 1 is 1.75 bits per heavy atom. The summed E-state index contributed by atoms with van der Waals surface area (Å²) in [4.78, 5) is 13.4. The second-order valence-corrected chi connectivity index (χ2v) is 2.03. The van der Waals surface area contributed by atoms with Crippen LogP contribution in [0, 0.1) is 0 Å². The normalized spacial score (nSPS) is 10.6. The number of hydrogen-bond acceptors (Lipinski definition) is 3. The fourth-order valence-corrected chi connectivity index (χ4v) is 0.636. The van der Waals surface area contributed by atoms with Gasteiger partial charge in [-0.05, 0) is 0 Å². The lowest BCUT2D eigenvalue weighted by Crippen LogP contribution is -1.99. The molecule has 0 atom stereocenters. The molecule has 1 heterocycles. The quantitative estimate of drug-likeness (QED) is 0.754. The first-order valence-corrected chi connectivity index (χ1v) is 3.04. The molecule has 1 rings (SSSR count). The van der Waals surface area contributed by atoms with E-state index in [2.05, 4.69) is 9.40 Å². The minimum atomic E-state index is -2.75. The lowest BCUT2D eigenvalue weighted by atomic mass is 10.4. The molecule has 0 saturated carbocycles. The molecule has 0 aliphatic carbocycles. The van der Waals surface area contributed by atoms with Gasteiger partial charge >= 0.3 is 5.97 Å². The van der Waals surface area contributed by atoms with E-state index >= 15 is 0 Å². The fourth-order valence-electron chi connectivity index (χ4n) is 0.636. The van der Waals surface area contributed by atoms with Crippen molar-refractivity contribution in [3.05, 3.63) is 17.8 Å². The number of nitrogens with zero attached hydrogens (tertiary/aromatic N) is 1. The molecule has 0 saturated heterocycles. The maximum Gasteiger partial charge on any atom is 0.312 e. The van der Waals surface area contributed by atoms with Crippen molar-refractivity contribution in [2.75, 3.05) is 0 Å². The number of halogens is 2. The Morgan fingerprint density at radius 2 is 2.42 bits per heavy atom. The Balaban J connectivity index is 2.70. The van der Waals surface area contributed by atoms with Gasteiger partial charge in [0.1, 0.15) is 6.42 Å². The van der Waals surface area contributed by atoms with E-state index in [-0.39, 0.29) is 5.89 Å². The molecular weight excluding hydrogens is 172 g/mol. The number of aliphatic carboxylic acids is 1. The number of oxazole rings is 1. The number of carbonyl (C=O) groups is 1. The zero-order valence-corrected chi connectivity index (χ0v) is 5.83. The lowest BCUT2D eigenvalue weighted by Gasteiger charge is -1.89. The van der Waals surface area contributed by atoms with Crippen LogP contribution < -0.4 is 0 Å². The average Bonchev–Trinajstić information content (AvgIpc) is 2.34. The van der Waals surface area contributed by atoms with E-state index in [0.717, 1.165) is 6.20 Å². The van der Waals surface area contributed by atoms with Crippen molar-refractivity contribution in [3.8, 4) is 0 Å². The van der Waals surface area contributed by atoms with Crippen LogP contribution in [-0.2, 0) is 11.2 Å². The van der Waals surface area contributed by atoms with Crippen molar-refractivity contribution in [2.45, 2.75) is 12.8 Å². The summed E-state index contributed by atoms with van der Waals surface area (Å²) in [6.45, 7) is 0. The van der Waals surface area contributed by atoms with Gasteiger partial charge in [-0.15, -0.1) is 0 Å². The van der Waals surface area contributed by atoms with Crippen LogP contribution in [0.3, 0.4) is 0 Å². The highest BCUT2D eigenvalue weighted by atomic mass is 19.3. The molecule has 0 aliphatic heterocycles. The highest BCUT2D eigenvalue weighted by Crippen LogP contribution is 2.19. The van der Waals surface area contributed by atoms with E-state index in [0.29, 0.717) is 0 Å². The zero-order chi connectivity index (χ0) is 9.14. The summed E-state index contributed by atoms with van der Waals surface area (Å²) in [7, 11) is 0. The first-order chi connectivity index (χ1) is 5.59. The molecule has 4 nitrogen and oxygen atoms in total. The van der Waals surface area contributed by atoms with Gasteiger partial charge in [-0.1, -0.05) is 0 Å². The van der Waals surface area contributed by atoms with Gasteiger partial charge in [0.25, 0.3) is 6.43 Å². The van der Waals surface area contributed by atoms with E-state index in [4.69, 9.17) is 5.11 Å². The molecule has 66 valence electrons. The van der Waals surface area contributed by atoms with E-state index in [1.807, 2.05) is 0 Å². The summed E-state index contributed by atoms with van der Waals surface area (Å²) in [5.41, 5.74) is 0. The number of alkyl halides is 2. The van der Waals surface area contributed by atoms with Gasteiger partial charge < -0.3 is 9.52 Å². The Hall–Kier alpha value is -1.46. The van der Waals surface area contributed by atoms with Gasteiger partial charge in [0.15, 0.2) is 5.76 Å². The number of aromatic nitrogens is 1. The SMILES string of the molecule is O=C(O)Cc1ncc(C(F)F)o1. The van der Waals surface area contributed by atoms with Gasteiger partial charge in [-0.3, -0.25) is 4.79 Å². The van der Waals surface area contributed by atoms with Crippen LogP contribution in [0.15, 0.2) is 10.6 Å². The average molecular weight is 177 g/mol. The van der Waals surface area contributed by atoms with Gasteiger partial charge in [-0.25, -0.2) is 13.8 Å². The molecule has 0 bridgehead atoms. The molecule has 6 heteroatoms. The number of rotatable bonds is 3. The van der Waals surface area contributed by atoms with Crippen molar-refractivity contribution in [2.24, 2.45) is 0 Å². The van der Waals surface area contributed by atoms with E-state index in [1.165, 1.54) is 0 Å².